The molecule has 110 valence electrons. The van der Waals surface area contributed by atoms with Crippen LogP contribution in [-0.2, 0) is 10.0 Å². The lowest BCUT2D eigenvalue weighted by Crippen LogP contribution is -2.50. The molecule has 0 spiro atoms. The lowest BCUT2D eigenvalue weighted by Gasteiger charge is -2.33. The summed E-state index contributed by atoms with van der Waals surface area (Å²) in [5, 5.41) is 0.392. The Bertz CT molecular complexity index is 628. The maximum absolute atomic E-state index is 12.4. The predicted molar refractivity (Wildman–Crippen MR) is 81.5 cm³/mol. The molecule has 2 rings (SSSR count). The lowest BCUT2D eigenvalue weighted by molar-refractivity contribution is 0.0698. The van der Waals surface area contributed by atoms with Gasteiger partial charge in [-0.3, -0.25) is 4.79 Å². The fraction of sp³-hybridized carbons (Fsp3) is 0.417. The molecule has 1 saturated heterocycles. The minimum absolute atomic E-state index is 0.176. The van der Waals surface area contributed by atoms with Gasteiger partial charge in [0.05, 0.1) is 16.8 Å². The van der Waals surface area contributed by atoms with Crippen molar-refractivity contribution in [3.05, 3.63) is 33.3 Å². The van der Waals surface area contributed by atoms with Gasteiger partial charge >= 0.3 is 0 Å². The number of carbonyl (C=O) groups excluding carboxylic acids is 1. The van der Waals surface area contributed by atoms with Gasteiger partial charge in [0.2, 0.25) is 10.0 Å². The molecule has 0 aromatic heterocycles. The number of hydrogen-bond acceptors (Lipinski definition) is 3. The van der Waals surface area contributed by atoms with E-state index < -0.39 is 10.0 Å². The monoisotopic (exact) mass is 380 g/mol. The molecule has 0 unspecified atom stereocenters. The van der Waals surface area contributed by atoms with E-state index in [9.17, 15) is 13.2 Å². The Morgan fingerprint density at radius 2 is 1.85 bits per heavy atom. The number of sulfonamides is 1. The summed E-state index contributed by atoms with van der Waals surface area (Å²) in [6.45, 7) is 1.37. The van der Waals surface area contributed by atoms with Crippen LogP contribution >= 0.6 is 27.5 Å². The molecule has 5 nitrogen and oxygen atoms in total. The summed E-state index contributed by atoms with van der Waals surface area (Å²) in [5.74, 6) is -0.176. The molecule has 0 atom stereocenters. The summed E-state index contributed by atoms with van der Waals surface area (Å²) in [7, 11) is -3.19. The van der Waals surface area contributed by atoms with Crippen LogP contribution in [0.3, 0.4) is 0 Å². The minimum atomic E-state index is -3.19. The van der Waals surface area contributed by atoms with E-state index in [-0.39, 0.29) is 5.91 Å². The molecule has 0 bridgehead atoms. The Labute approximate surface area is 131 Å². The number of halogens is 2. The minimum Gasteiger partial charge on any atom is -0.336 e. The summed E-state index contributed by atoms with van der Waals surface area (Å²) >= 11 is 9.34. The zero-order valence-corrected chi connectivity index (χ0v) is 14.0. The molecule has 1 heterocycles. The van der Waals surface area contributed by atoms with E-state index >= 15 is 0 Å². The second-order valence-electron chi connectivity index (χ2n) is 4.58. The van der Waals surface area contributed by atoms with Crippen LogP contribution in [0.15, 0.2) is 22.7 Å². The van der Waals surface area contributed by atoms with E-state index in [4.69, 9.17) is 11.6 Å². The fourth-order valence-corrected chi connectivity index (χ4v) is 3.44. The van der Waals surface area contributed by atoms with Crippen molar-refractivity contribution in [2.24, 2.45) is 0 Å². The van der Waals surface area contributed by atoms with Gasteiger partial charge in [0.25, 0.3) is 5.91 Å². The number of piperazine rings is 1. The Morgan fingerprint density at radius 1 is 1.25 bits per heavy atom. The Kier molecular flexibility index (Phi) is 4.73. The van der Waals surface area contributed by atoms with Crippen molar-refractivity contribution in [3.8, 4) is 0 Å². The van der Waals surface area contributed by atoms with Gasteiger partial charge < -0.3 is 4.90 Å². The highest BCUT2D eigenvalue weighted by molar-refractivity contribution is 9.10. The first-order chi connectivity index (χ1) is 9.29. The van der Waals surface area contributed by atoms with Crippen LogP contribution in [0.2, 0.25) is 5.02 Å². The number of rotatable bonds is 2. The molecule has 1 aromatic carbocycles. The first-order valence-electron chi connectivity index (χ1n) is 5.98. The van der Waals surface area contributed by atoms with Crippen molar-refractivity contribution in [1.82, 2.24) is 9.21 Å². The molecule has 0 aliphatic carbocycles. The fourth-order valence-electron chi connectivity index (χ4n) is 2.05. The summed E-state index contributed by atoms with van der Waals surface area (Å²) in [5.41, 5.74) is 0.425. The molecular weight excluding hydrogens is 368 g/mol. The molecule has 1 aromatic rings. The van der Waals surface area contributed by atoms with Gasteiger partial charge in [0, 0.05) is 30.7 Å². The third-order valence-corrected chi connectivity index (χ3v) is 5.28. The average molecular weight is 382 g/mol. The van der Waals surface area contributed by atoms with E-state index in [0.717, 1.165) is 4.47 Å². The first kappa shape index (κ1) is 15.8. The zero-order valence-electron chi connectivity index (χ0n) is 10.8. The van der Waals surface area contributed by atoms with Crippen LogP contribution in [0.4, 0.5) is 0 Å². The van der Waals surface area contributed by atoms with Crippen molar-refractivity contribution in [3.63, 3.8) is 0 Å². The summed E-state index contributed by atoms with van der Waals surface area (Å²) in [6, 6.07) is 5.10. The van der Waals surface area contributed by atoms with Gasteiger partial charge in [-0.2, -0.15) is 4.31 Å². The maximum Gasteiger partial charge on any atom is 0.255 e. The maximum atomic E-state index is 12.4. The van der Waals surface area contributed by atoms with Crippen molar-refractivity contribution in [2.75, 3.05) is 32.4 Å². The zero-order chi connectivity index (χ0) is 14.9. The Morgan fingerprint density at radius 3 is 2.40 bits per heavy atom. The van der Waals surface area contributed by atoms with Crippen molar-refractivity contribution in [2.45, 2.75) is 0 Å². The van der Waals surface area contributed by atoms with Gasteiger partial charge in [-0.15, -0.1) is 0 Å². The van der Waals surface area contributed by atoms with Gasteiger partial charge in [-0.05, 0) is 18.2 Å². The van der Waals surface area contributed by atoms with Gasteiger partial charge in [-0.25, -0.2) is 8.42 Å². The van der Waals surface area contributed by atoms with Gasteiger partial charge in [-0.1, -0.05) is 27.5 Å². The van der Waals surface area contributed by atoms with Crippen LogP contribution in [0.5, 0.6) is 0 Å². The topological polar surface area (TPSA) is 57.7 Å². The quantitative estimate of drug-likeness (QED) is 0.785. The highest BCUT2D eigenvalue weighted by atomic mass is 79.9. The normalized spacial score (nSPS) is 17.2. The number of benzene rings is 1. The Balaban J connectivity index is 2.11. The highest BCUT2D eigenvalue weighted by Crippen LogP contribution is 2.23. The predicted octanol–water partition coefficient (Wildman–Crippen LogP) is 1.82. The molecule has 0 radical (unpaired) electrons. The summed E-state index contributed by atoms with van der Waals surface area (Å²) < 4.78 is 25.0. The number of hydrogen-bond donors (Lipinski definition) is 0. The third kappa shape index (κ3) is 3.52. The molecule has 0 N–H and O–H groups in total. The van der Waals surface area contributed by atoms with E-state index in [2.05, 4.69) is 15.9 Å². The average Bonchev–Trinajstić information content (AvgIpc) is 2.40. The van der Waals surface area contributed by atoms with Crippen molar-refractivity contribution in [1.29, 1.82) is 0 Å². The molecule has 8 heteroatoms. The lowest BCUT2D eigenvalue weighted by atomic mass is 10.2. The van der Waals surface area contributed by atoms with Crippen LogP contribution in [0, 0.1) is 0 Å². The molecule has 20 heavy (non-hydrogen) atoms. The molecule has 1 fully saturated rings. The van der Waals surface area contributed by atoms with Crippen molar-refractivity contribution < 1.29 is 13.2 Å². The Hall–Kier alpha value is -0.630. The van der Waals surface area contributed by atoms with Gasteiger partial charge in [0.1, 0.15) is 0 Å². The molecule has 1 aliphatic rings. The van der Waals surface area contributed by atoms with Crippen LogP contribution in [0.25, 0.3) is 0 Å². The standard InChI is InChI=1S/C12H14BrClN2O3S/c1-20(18,19)16-6-4-15(5-7-16)12(17)10-8-9(13)2-3-11(10)14/h2-3,8H,4-7H2,1H3. The number of carbonyl (C=O) groups is 1. The second-order valence-corrected chi connectivity index (χ2v) is 7.88. The van der Waals surface area contributed by atoms with E-state index in [1.54, 1.807) is 23.1 Å². The largest absolute Gasteiger partial charge is 0.336 e. The molecule has 0 saturated carbocycles. The van der Waals surface area contributed by atoms with E-state index in [0.29, 0.717) is 36.8 Å². The van der Waals surface area contributed by atoms with E-state index in [1.807, 2.05) is 0 Å². The molecular formula is C12H14BrClN2O3S. The highest BCUT2D eigenvalue weighted by Gasteiger charge is 2.27. The van der Waals surface area contributed by atoms with E-state index in [1.165, 1.54) is 10.6 Å². The van der Waals surface area contributed by atoms with Crippen LogP contribution < -0.4 is 0 Å². The molecule has 1 aliphatic heterocycles. The SMILES string of the molecule is CS(=O)(=O)N1CCN(C(=O)c2cc(Br)ccc2Cl)CC1. The second kappa shape index (κ2) is 6.01. The van der Waals surface area contributed by atoms with Crippen LogP contribution in [0.1, 0.15) is 10.4 Å². The number of amides is 1. The first-order valence-corrected chi connectivity index (χ1v) is 9.00. The van der Waals surface area contributed by atoms with Gasteiger partial charge in [0.15, 0.2) is 0 Å². The summed E-state index contributed by atoms with van der Waals surface area (Å²) in [4.78, 5) is 14.0. The smallest absolute Gasteiger partial charge is 0.255 e. The molecule has 1 amide bonds. The summed E-state index contributed by atoms with van der Waals surface area (Å²) in [6.07, 6.45) is 1.18. The number of nitrogens with zero attached hydrogens (tertiary/aromatic N) is 2. The van der Waals surface area contributed by atoms with Crippen molar-refractivity contribution >= 4 is 43.5 Å². The third-order valence-electron chi connectivity index (χ3n) is 3.15. The van der Waals surface area contributed by atoms with Crippen LogP contribution in [-0.4, -0.2) is 56.0 Å².